The van der Waals surface area contributed by atoms with Gasteiger partial charge in [0.05, 0.1) is 14.2 Å². The fourth-order valence-corrected chi connectivity index (χ4v) is 2.77. The molecule has 1 saturated heterocycles. The van der Waals surface area contributed by atoms with E-state index in [9.17, 15) is 4.79 Å². The van der Waals surface area contributed by atoms with Crippen LogP contribution in [0.4, 0.5) is 0 Å². The number of benzene rings is 1. The molecule has 22 heavy (non-hydrogen) atoms. The monoisotopic (exact) mass is 304 g/mol. The summed E-state index contributed by atoms with van der Waals surface area (Å²) >= 11 is 0. The molecule has 1 unspecified atom stereocenters. The molecule has 0 radical (unpaired) electrons. The average Bonchev–Trinajstić information content (AvgIpc) is 2.53. The van der Waals surface area contributed by atoms with Crippen LogP contribution in [0.5, 0.6) is 11.5 Å². The Morgan fingerprint density at radius 3 is 2.82 bits per heavy atom. The molecule has 1 aliphatic rings. The van der Waals surface area contributed by atoms with Crippen LogP contribution in [0.25, 0.3) is 0 Å². The number of carbonyl (C=O) groups excluding carboxylic acids is 1. The standard InChI is InChI=1S/C17H24N2O3/c1-5-6-13-9-14(10-15(21-3)16(13)22-4)17(20)19-8-7-18-12(2)11-19/h5,9-10,12,18H,1,6-8,11H2,2-4H3. The van der Waals surface area contributed by atoms with Gasteiger partial charge >= 0.3 is 0 Å². The lowest BCUT2D eigenvalue weighted by atomic mass is 10.0. The van der Waals surface area contributed by atoms with E-state index >= 15 is 0 Å². The van der Waals surface area contributed by atoms with E-state index in [0.717, 1.165) is 12.1 Å². The fourth-order valence-electron chi connectivity index (χ4n) is 2.77. The Morgan fingerprint density at radius 2 is 2.23 bits per heavy atom. The molecular formula is C17H24N2O3. The maximum atomic E-state index is 12.7. The molecule has 0 aromatic heterocycles. The molecule has 5 heteroatoms. The van der Waals surface area contributed by atoms with E-state index < -0.39 is 0 Å². The lowest BCUT2D eigenvalue weighted by molar-refractivity contribution is 0.0708. The maximum absolute atomic E-state index is 12.7. The van der Waals surface area contributed by atoms with Crippen molar-refractivity contribution < 1.29 is 14.3 Å². The first-order valence-electron chi connectivity index (χ1n) is 7.49. The van der Waals surface area contributed by atoms with Crippen LogP contribution in [0.3, 0.4) is 0 Å². The third-order valence-electron chi connectivity index (χ3n) is 3.82. The topological polar surface area (TPSA) is 50.8 Å². The molecule has 0 aliphatic carbocycles. The van der Waals surface area contributed by atoms with Gasteiger partial charge in [-0.25, -0.2) is 0 Å². The van der Waals surface area contributed by atoms with E-state index in [-0.39, 0.29) is 5.91 Å². The minimum Gasteiger partial charge on any atom is -0.493 e. The van der Waals surface area contributed by atoms with Gasteiger partial charge in [-0.05, 0) is 25.5 Å². The maximum Gasteiger partial charge on any atom is 0.254 e. The highest BCUT2D eigenvalue weighted by Crippen LogP contribution is 2.33. The first-order chi connectivity index (χ1) is 10.6. The third kappa shape index (κ3) is 3.42. The number of hydrogen-bond acceptors (Lipinski definition) is 4. The van der Waals surface area contributed by atoms with Gasteiger partial charge in [-0.2, -0.15) is 0 Å². The molecule has 0 saturated carbocycles. The minimum atomic E-state index is 0.0274. The summed E-state index contributed by atoms with van der Waals surface area (Å²) < 4.78 is 10.8. The Morgan fingerprint density at radius 1 is 1.45 bits per heavy atom. The Labute approximate surface area is 131 Å². The Bertz CT molecular complexity index is 557. The highest BCUT2D eigenvalue weighted by atomic mass is 16.5. The van der Waals surface area contributed by atoms with Crippen molar-refractivity contribution in [1.82, 2.24) is 10.2 Å². The van der Waals surface area contributed by atoms with Crippen molar-refractivity contribution in [3.05, 3.63) is 35.9 Å². The van der Waals surface area contributed by atoms with Crippen LogP contribution in [-0.2, 0) is 6.42 Å². The van der Waals surface area contributed by atoms with Gasteiger partial charge in [0.15, 0.2) is 11.5 Å². The van der Waals surface area contributed by atoms with E-state index in [1.54, 1.807) is 26.4 Å². The number of hydrogen-bond donors (Lipinski definition) is 1. The van der Waals surface area contributed by atoms with Gasteiger partial charge in [0.25, 0.3) is 5.91 Å². The zero-order valence-electron chi connectivity index (χ0n) is 13.5. The Kier molecular flexibility index (Phi) is 5.44. The zero-order chi connectivity index (χ0) is 16.1. The average molecular weight is 304 g/mol. The number of ether oxygens (including phenoxy) is 2. The largest absolute Gasteiger partial charge is 0.493 e. The molecule has 5 nitrogen and oxygen atoms in total. The van der Waals surface area contributed by atoms with Gasteiger partial charge < -0.3 is 19.7 Å². The lowest BCUT2D eigenvalue weighted by Gasteiger charge is -2.32. The van der Waals surface area contributed by atoms with E-state index in [2.05, 4.69) is 18.8 Å². The van der Waals surface area contributed by atoms with Crippen LogP contribution in [0.2, 0.25) is 0 Å². The van der Waals surface area contributed by atoms with Gasteiger partial charge in [-0.15, -0.1) is 6.58 Å². The summed E-state index contributed by atoms with van der Waals surface area (Å²) in [6.07, 6.45) is 2.41. The predicted octanol–water partition coefficient (Wildman–Crippen LogP) is 1.87. The molecule has 1 aromatic carbocycles. The van der Waals surface area contributed by atoms with E-state index in [1.807, 2.05) is 11.0 Å². The van der Waals surface area contributed by atoms with Gasteiger partial charge in [-0.3, -0.25) is 4.79 Å². The molecular weight excluding hydrogens is 280 g/mol. The van der Waals surface area contributed by atoms with Crippen LogP contribution < -0.4 is 14.8 Å². The minimum absolute atomic E-state index is 0.0274. The van der Waals surface area contributed by atoms with Crippen molar-refractivity contribution in [2.24, 2.45) is 0 Å². The molecule has 1 heterocycles. The van der Waals surface area contributed by atoms with Crippen molar-refractivity contribution in [1.29, 1.82) is 0 Å². The van der Waals surface area contributed by atoms with E-state index in [1.165, 1.54) is 0 Å². The lowest BCUT2D eigenvalue weighted by Crippen LogP contribution is -2.51. The first kappa shape index (κ1) is 16.4. The molecule has 1 fully saturated rings. The van der Waals surface area contributed by atoms with Gasteiger partial charge in [0, 0.05) is 36.8 Å². The number of piperazine rings is 1. The highest BCUT2D eigenvalue weighted by molar-refractivity contribution is 5.95. The first-order valence-corrected chi connectivity index (χ1v) is 7.49. The second-order valence-corrected chi connectivity index (χ2v) is 5.47. The number of carbonyl (C=O) groups is 1. The van der Waals surface area contributed by atoms with Crippen LogP contribution in [0.15, 0.2) is 24.8 Å². The van der Waals surface area contributed by atoms with Crippen LogP contribution in [0, 0.1) is 0 Å². The quantitative estimate of drug-likeness (QED) is 0.844. The Balaban J connectivity index is 2.35. The van der Waals surface area contributed by atoms with Crippen LogP contribution in [0.1, 0.15) is 22.8 Å². The molecule has 2 rings (SSSR count). The molecule has 0 bridgehead atoms. The Hall–Kier alpha value is -2.01. The van der Waals surface area contributed by atoms with Crippen molar-refractivity contribution in [3.63, 3.8) is 0 Å². The second kappa shape index (κ2) is 7.31. The predicted molar refractivity (Wildman–Crippen MR) is 86.8 cm³/mol. The molecule has 120 valence electrons. The highest BCUT2D eigenvalue weighted by Gasteiger charge is 2.23. The number of methoxy groups -OCH3 is 2. The van der Waals surface area contributed by atoms with Gasteiger partial charge in [0.2, 0.25) is 0 Å². The number of rotatable bonds is 5. The van der Waals surface area contributed by atoms with Crippen LogP contribution >= 0.6 is 0 Å². The van der Waals surface area contributed by atoms with Crippen molar-refractivity contribution in [2.75, 3.05) is 33.9 Å². The van der Waals surface area contributed by atoms with Crippen molar-refractivity contribution in [2.45, 2.75) is 19.4 Å². The molecule has 0 spiro atoms. The van der Waals surface area contributed by atoms with Crippen molar-refractivity contribution >= 4 is 5.91 Å². The third-order valence-corrected chi connectivity index (χ3v) is 3.82. The normalized spacial score (nSPS) is 18.0. The summed E-state index contributed by atoms with van der Waals surface area (Å²) in [6, 6.07) is 3.93. The summed E-state index contributed by atoms with van der Waals surface area (Å²) in [4.78, 5) is 14.6. The van der Waals surface area contributed by atoms with Gasteiger partial charge in [0.1, 0.15) is 0 Å². The molecule has 1 atom stereocenters. The number of nitrogens with zero attached hydrogens (tertiary/aromatic N) is 1. The number of allylic oxidation sites excluding steroid dienone is 1. The summed E-state index contributed by atoms with van der Waals surface area (Å²) in [5, 5.41) is 3.34. The van der Waals surface area contributed by atoms with Gasteiger partial charge in [-0.1, -0.05) is 6.08 Å². The van der Waals surface area contributed by atoms with Crippen molar-refractivity contribution in [3.8, 4) is 11.5 Å². The molecule has 1 amide bonds. The smallest absolute Gasteiger partial charge is 0.254 e. The van der Waals surface area contributed by atoms with Crippen LogP contribution in [-0.4, -0.2) is 50.7 Å². The number of amides is 1. The molecule has 1 N–H and O–H groups in total. The summed E-state index contributed by atoms with van der Waals surface area (Å²) in [5.41, 5.74) is 1.53. The van der Waals surface area contributed by atoms with E-state index in [4.69, 9.17) is 9.47 Å². The SMILES string of the molecule is C=CCc1cc(C(=O)N2CCNC(C)C2)cc(OC)c1OC. The second-order valence-electron chi connectivity index (χ2n) is 5.47. The molecule has 1 aliphatic heterocycles. The zero-order valence-corrected chi connectivity index (χ0v) is 13.5. The molecule has 1 aromatic rings. The van der Waals surface area contributed by atoms with E-state index in [0.29, 0.717) is 42.6 Å². The summed E-state index contributed by atoms with van der Waals surface area (Å²) in [7, 11) is 3.18. The summed E-state index contributed by atoms with van der Waals surface area (Å²) in [6.45, 7) is 8.09. The number of nitrogens with one attached hydrogen (secondary N) is 1. The summed E-state index contributed by atoms with van der Waals surface area (Å²) in [5.74, 6) is 1.26. The fraction of sp³-hybridized carbons (Fsp3) is 0.471.